The minimum absolute atomic E-state index is 0.0480. The molecule has 0 aromatic heterocycles. The Bertz CT molecular complexity index is 631. The fourth-order valence-corrected chi connectivity index (χ4v) is 3.97. The van der Waals surface area contributed by atoms with Crippen LogP contribution in [0, 0.1) is 12.3 Å². The van der Waals surface area contributed by atoms with Crippen molar-refractivity contribution < 1.29 is 14.3 Å². The van der Waals surface area contributed by atoms with Gasteiger partial charge >= 0.3 is 0 Å². The minimum atomic E-state index is -0.385. The fraction of sp³-hybridized carbons (Fsp3) is 0.579. The van der Waals surface area contributed by atoms with E-state index in [1.165, 1.54) is 0 Å². The molecule has 3 rings (SSSR count). The van der Waals surface area contributed by atoms with Crippen molar-refractivity contribution in [2.24, 2.45) is 5.41 Å². The van der Waals surface area contributed by atoms with Crippen LogP contribution in [0.15, 0.2) is 24.3 Å². The Morgan fingerprint density at radius 2 is 2.04 bits per heavy atom. The van der Waals surface area contributed by atoms with E-state index in [2.05, 4.69) is 0 Å². The number of benzene rings is 1. The zero-order valence-corrected chi connectivity index (χ0v) is 14.6. The van der Waals surface area contributed by atoms with E-state index in [0.717, 1.165) is 36.9 Å². The Labute approximate surface area is 143 Å². The van der Waals surface area contributed by atoms with Gasteiger partial charge in [-0.1, -0.05) is 18.2 Å². The molecule has 0 saturated carbocycles. The first kappa shape index (κ1) is 17.0. The lowest BCUT2D eigenvalue weighted by Gasteiger charge is -2.39. The average molecular weight is 330 g/mol. The van der Waals surface area contributed by atoms with Gasteiger partial charge in [-0.25, -0.2) is 0 Å². The van der Waals surface area contributed by atoms with Crippen molar-refractivity contribution in [3.63, 3.8) is 0 Å². The van der Waals surface area contributed by atoms with Crippen molar-refractivity contribution in [2.45, 2.75) is 26.2 Å². The van der Waals surface area contributed by atoms with Gasteiger partial charge < -0.3 is 14.5 Å². The van der Waals surface area contributed by atoms with Gasteiger partial charge in [-0.05, 0) is 37.8 Å². The molecule has 0 N–H and O–H groups in total. The van der Waals surface area contributed by atoms with Crippen LogP contribution in [0.3, 0.4) is 0 Å². The van der Waals surface area contributed by atoms with Crippen LogP contribution in [-0.4, -0.2) is 61.5 Å². The van der Waals surface area contributed by atoms with Gasteiger partial charge in [-0.3, -0.25) is 9.59 Å². The smallest absolute Gasteiger partial charge is 0.254 e. The maximum Gasteiger partial charge on any atom is 0.254 e. The molecule has 2 aliphatic heterocycles. The summed E-state index contributed by atoms with van der Waals surface area (Å²) in [5.74, 6) is 0.248. The number of ether oxygens (including phenoxy) is 1. The molecule has 2 heterocycles. The van der Waals surface area contributed by atoms with Crippen molar-refractivity contribution in [2.75, 3.05) is 39.9 Å². The molecular weight excluding hydrogens is 304 g/mol. The quantitative estimate of drug-likeness (QED) is 0.849. The van der Waals surface area contributed by atoms with Crippen LogP contribution in [0.2, 0.25) is 0 Å². The molecule has 2 saturated heterocycles. The monoisotopic (exact) mass is 330 g/mol. The summed E-state index contributed by atoms with van der Waals surface area (Å²) in [6, 6.07) is 7.66. The summed E-state index contributed by atoms with van der Waals surface area (Å²) in [5, 5.41) is 0. The summed E-state index contributed by atoms with van der Waals surface area (Å²) >= 11 is 0. The van der Waals surface area contributed by atoms with Crippen LogP contribution >= 0.6 is 0 Å². The van der Waals surface area contributed by atoms with Gasteiger partial charge in [0, 0.05) is 38.9 Å². The standard InChI is InChI=1S/C19H26N2O3/c1-15-6-3-4-7-16(15)17(22)21-11-9-19(14-21)8-5-10-20(18(19)23)12-13-24-2/h3-4,6-7H,5,8-14H2,1-2H3/t19-/m0/s1. The number of likely N-dealkylation sites (tertiary alicyclic amines) is 2. The van der Waals surface area contributed by atoms with Gasteiger partial charge in [0.2, 0.25) is 5.91 Å². The first-order chi connectivity index (χ1) is 11.6. The molecule has 2 aliphatic rings. The Hall–Kier alpha value is -1.88. The number of piperidine rings is 1. The summed E-state index contributed by atoms with van der Waals surface area (Å²) in [6.07, 6.45) is 2.65. The minimum Gasteiger partial charge on any atom is -0.383 e. The van der Waals surface area contributed by atoms with Gasteiger partial charge in [0.05, 0.1) is 12.0 Å². The maximum atomic E-state index is 13.0. The molecule has 130 valence electrons. The molecule has 2 fully saturated rings. The highest BCUT2D eigenvalue weighted by Gasteiger charge is 2.49. The van der Waals surface area contributed by atoms with E-state index in [0.29, 0.717) is 26.2 Å². The number of carbonyl (C=O) groups is 2. The van der Waals surface area contributed by atoms with Crippen molar-refractivity contribution in [3.05, 3.63) is 35.4 Å². The third kappa shape index (κ3) is 3.05. The molecule has 5 nitrogen and oxygen atoms in total. The van der Waals surface area contributed by atoms with Gasteiger partial charge in [0.25, 0.3) is 5.91 Å². The van der Waals surface area contributed by atoms with E-state index in [1.807, 2.05) is 41.0 Å². The summed E-state index contributed by atoms with van der Waals surface area (Å²) in [6.45, 7) is 5.17. The Balaban J connectivity index is 1.73. The highest BCUT2D eigenvalue weighted by atomic mass is 16.5. The molecule has 1 aromatic carbocycles. The van der Waals surface area contributed by atoms with Crippen molar-refractivity contribution in [1.29, 1.82) is 0 Å². The number of nitrogens with zero attached hydrogens (tertiary/aromatic N) is 2. The second-order valence-electron chi connectivity index (χ2n) is 6.96. The van der Waals surface area contributed by atoms with Crippen molar-refractivity contribution >= 4 is 11.8 Å². The molecule has 0 aliphatic carbocycles. The average Bonchev–Trinajstić information content (AvgIpc) is 3.01. The number of amides is 2. The Kier molecular flexibility index (Phi) is 4.90. The SMILES string of the molecule is COCCN1CCC[C@@]2(CCN(C(=O)c3ccccc3C)C2)C1=O. The summed E-state index contributed by atoms with van der Waals surface area (Å²) in [7, 11) is 1.66. The molecule has 24 heavy (non-hydrogen) atoms. The van der Waals surface area contributed by atoms with E-state index in [9.17, 15) is 9.59 Å². The van der Waals surface area contributed by atoms with Crippen molar-refractivity contribution in [1.82, 2.24) is 9.80 Å². The summed E-state index contributed by atoms with van der Waals surface area (Å²) < 4.78 is 5.12. The molecule has 0 unspecified atom stereocenters. The number of rotatable bonds is 4. The van der Waals surface area contributed by atoms with Crippen LogP contribution in [0.1, 0.15) is 35.2 Å². The first-order valence-corrected chi connectivity index (χ1v) is 8.71. The highest BCUT2D eigenvalue weighted by Crippen LogP contribution is 2.40. The lowest BCUT2D eigenvalue weighted by Crippen LogP contribution is -2.51. The van der Waals surface area contributed by atoms with E-state index in [-0.39, 0.29) is 17.2 Å². The molecule has 0 bridgehead atoms. The van der Waals surface area contributed by atoms with Gasteiger partial charge in [0.1, 0.15) is 0 Å². The second kappa shape index (κ2) is 6.93. The zero-order valence-electron chi connectivity index (χ0n) is 14.6. The molecule has 1 aromatic rings. The molecule has 1 spiro atoms. The normalized spacial score (nSPS) is 24.0. The third-order valence-corrected chi connectivity index (χ3v) is 5.41. The molecular formula is C19H26N2O3. The molecule has 1 atom stereocenters. The fourth-order valence-electron chi connectivity index (χ4n) is 3.97. The second-order valence-corrected chi connectivity index (χ2v) is 6.96. The summed E-state index contributed by atoms with van der Waals surface area (Å²) in [4.78, 5) is 29.6. The highest BCUT2D eigenvalue weighted by molar-refractivity contribution is 5.96. The molecule has 5 heteroatoms. The van der Waals surface area contributed by atoms with E-state index in [1.54, 1.807) is 7.11 Å². The number of hydrogen-bond donors (Lipinski definition) is 0. The lowest BCUT2D eigenvalue weighted by atomic mass is 9.78. The largest absolute Gasteiger partial charge is 0.383 e. The molecule has 2 amide bonds. The van der Waals surface area contributed by atoms with Gasteiger partial charge in [-0.15, -0.1) is 0 Å². The number of carbonyl (C=O) groups excluding carboxylic acids is 2. The van der Waals surface area contributed by atoms with Gasteiger partial charge in [0.15, 0.2) is 0 Å². The number of hydrogen-bond acceptors (Lipinski definition) is 3. The predicted octanol–water partition coefficient (Wildman–Crippen LogP) is 2.10. The number of aryl methyl sites for hydroxylation is 1. The van der Waals surface area contributed by atoms with Crippen LogP contribution in [0.5, 0.6) is 0 Å². The summed E-state index contributed by atoms with van der Waals surface area (Å²) in [5.41, 5.74) is 1.35. The Morgan fingerprint density at radius 1 is 1.25 bits per heavy atom. The van der Waals surface area contributed by atoms with Crippen LogP contribution in [0.25, 0.3) is 0 Å². The zero-order chi connectivity index (χ0) is 17.2. The predicted molar refractivity (Wildman–Crippen MR) is 91.8 cm³/mol. The van der Waals surface area contributed by atoms with Crippen molar-refractivity contribution in [3.8, 4) is 0 Å². The van der Waals surface area contributed by atoms with Gasteiger partial charge in [-0.2, -0.15) is 0 Å². The first-order valence-electron chi connectivity index (χ1n) is 8.71. The van der Waals surface area contributed by atoms with E-state index in [4.69, 9.17) is 4.74 Å². The number of methoxy groups -OCH3 is 1. The van der Waals surface area contributed by atoms with E-state index >= 15 is 0 Å². The Morgan fingerprint density at radius 3 is 2.79 bits per heavy atom. The van der Waals surface area contributed by atoms with Crippen LogP contribution in [-0.2, 0) is 9.53 Å². The van der Waals surface area contributed by atoms with E-state index < -0.39 is 0 Å². The lowest BCUT2D eigenvalue weighted by molar-refractivity contribution is -0.146. The topological polar surface area (TPSA) is 49.9 Å². The third-order valence-electron chi connectivity index (χ3n) is 5.41. The van der Waals surface area contributed by atoms with Crippen LogP contribution in [0.4, 0.5) is 0 Å². The van der Waals surface area contributed by atoms with Crippen LogP contribution < -0.4 is 0 Å². The maximum absolute atomic E-state index is 13.0. The molecule has 0 radical (unpaired) electrons.